The molecule has 0 bridgehead atoms. The molecule has 3 heterocycles. The van der Waals surface area contributed by atoms with Crippen molar-refractivity contribution in [3.8, 4) is 5.13 Å². The Hall–Kier alpha value is -3.00. The second kappa shape index (κ2) is 6.31. The van der Waals surface area contributed by atoms with E-state index in [0.717, 1.165) is 32.3 Å². The highest BCUT2D eigenvalue weighted by atomic mass is 32.1. The molecule has 0 radical (unpaired) electrons. The van der Waals surface area contributed by atoms with Gasteiger partial charge in [-0.1, -0.05) is 17.4 Å². The zero-order valence-electron chi connectivity index (χ0n) is 15.9. The van der Waals surface area contributed by atoms with Crippen molar-refractivity contribution < 1.29 is 4.79 Å². The number of carbonyl (C=O) groups excluding carboxylic acids is 1. The Bertz CT molecular complexity index is 1160. The Kier molecular flexibility index (Phi) is 4.07. The molecule has 0 saturated heterocycles. The number of anilines is 1. The predicted octanol–water partition coefficient (Wildman–Crippen LogP) is 3.70. The molecule has 7 nitrogen and oxygen atoms in total. The van der Waals surface area contributed by atoms with Crippen molar-refractivity contribution in [3.63, 3.8) is 0 Å². The Labute approximate surface area is 160 Å². The molecule has 1 aromatic carbocycles. The van der Waals surface area contributed by atoms with E-state index in [-0.39, 0.29) is 5.91 Å². The molecule has 0 fully saturated rings. The zero-order valence-corrected chi connectivity index (χ0v) is 16.7. The molecule has 0 atom stereocenters. The molecule has 27 heavy (non-hydrogen) atoms. The summed E-state index contributed by atoms with van der Waals surface area (Å²) in [6, 6.07) is 7.83. The van der Waals surface area contributed by atoms with Gasteiger partial charge in [0.15, 0.2) is 5.69 Å². The normalized spacial score (nSPS) is 11.3. The van der Waals surface area contributed by atoms with Crippen LogP contribution in [0.1, 0.15) is 33.0 Å². The highest BCUT2D eigenvalue weighted by molar-refractivity contribution is 7.20. The van der Waals surface area contributed by atoms with Gasteiger partial charge in [0.2, 0.25) is 5.13 Å². The van der Waals surface area contributed by atoms with Crippen molar-refractivity contribution in [1.29, 1.82) is 0 Å². The monoisotopic (exact) mass is 380 g/mol. The standard InChI is InChI=1S/C19H20N6OS/c1-10-6-11(2)17-15(7-10)27-19(21-17)25-16(8-12(3)22-25)20-18(26)14-9-13(4)24(5)23-14/h6-9H,1-5H3,(H,20,26). The van der Waals surface area contributed by atoms with E-state index >= 15 is 0 Å². The first kappa shape index (κ1) is 17.4. The van der Waals surface area contributed by atoms with Crippen LogP contribution in [0.25, 0.3) is 15.3 Å². The van der Waals surface area contributed by atoms with Crippen LogP contribution >= 0.6 is 11.3 Å². The van der Waals surface area contributed by atoms with E-state index in [2.05, 4.69) is 41.5 Å². The van der Waals surface area contributed by atoms with Gasteiger partial charge in [0, 0.05) is 18.8 Å². The fourth-order valence-electron chi connectivity index (χ4n) is 3.04. The summed E-state index contributed by atoms with van der Waals surface area (Å²) in [7, 11) is 1.81. The third kappa shape index (κ3) is 3.12. The van der Waals surface area contributed by atoms with Gasteiger partial charge in [-0.15, -0.1) is 0 Å². The van der Waals surface area contributed by atoms with Gasteiger partial charge in [0.05, 0.1) is 15.9 Å². The van der Waals surface area contributed by atoms with Crippen LogP contribution in [0.3, 0.4) is 0 Å². The molecule has 3 aromatic heterocycles. The number of rotatable bonds is 3. The fraction of sp³-hybridized carbons (Fsp3) is 0.263. The fourth-order valence-corrected chi connectivity index (χ4v) is 4.14. The van der Waals surface area contributed by atoms with Crippen LogP contribution in [0.4, 0.5) is 5.82 Å². The molecule has 0 unspecified atom stereocenters. The number of amides is 1. The molecule has 138 valence electrons. The van der Waals surface area contributed by atoms with E-state index < -0.39 is 0 Å². The molecule has 0 aliphatic carbocycles. The summed E-state index contributed by atoms with van der Waals surface area (Å²) >= 11 is 1.55. The third-order valence-electron chi connectivity index (χ3n) is 4.42. The number of hydrogen-bond donors (Lipinski definition) is 1. The second-order valence-electron chi connectivity index (χ2n) is 6.76. The van der Waals surface area contributed by atoms with Crippen LogP contribution in [0.15, 0.2) is 24.3 Å². The van der Waals surface area contributed by atoms with Gasteiger partial charge in [-0.05, 0) is 51.0 Å². The van der Waals surface area contributed by atoms with Gasteiger partial charge in [-0.25, -0.2) is 4.98 Å². The third-order valence-corrected chi connectivity index (χ3v) is 5.40. The van der Waals surface area contributed by atoms with Crippen molar-refractivity contribution in [3.05, 3.63) is 52.5 Å². The Balaban J connectivity index is 1.73. The van der Waals surface area contributed by atoms with E-state index in [9.17, 15) is 4.79 Å². The molecular formula is C19H20N6OS. The largest absolute Gasteiger partial charge is 0.305 e. The maximum atomic E-state index is 12.6. The average Bonchev–Trinajstić information content (AvgIpc) is 3.25. The lowest BCUT2D eigenvalue weighted by atomic mass is 10.1. The smallest absolute Gasteiger partial charge is 0.277 e. The van der Waals surface area contributed by atoms with Crippen LogP contribution in [-0.2, 0) is 7.05 Å². The highest BCUT2D eigenvalue weighted by Gasteiger charge is 2.18. The Morgan fingerprint density at radius 2 is 1.85 bits per heavy atom. The van der Waals surface area contributed by atoms with Gasteiger partial charge < -0.3 is 5.32 Å². The summed E-state index contributed by atoms with van der Waals surface area (Å²) in [6.07, 6.45) is 0. The summed E-state index contributed by atoms with van der Waals surface area (Å²) in [5.74, 6) is 0.308. The maximum Gasteiger partial charge on any atom is 0.277 e. The SMILES string of the molecule is Cc1cc(C)c2nc(-n3nc(C)cc3NC(=O)c3cc(C)n(C)n3)sc2c1. The van der Waals surface area contributed by atoms with Gasteiger partial charge in [-0.2, -0.15) is 14.9 Å². The molecule has 0 aliphatic rings. The second-order valence-corrected chi connectivity index (χ2v) is 7.77. The van der Waals surface area contributed by atoms with Crippen LogP contribution in [0.5, 0.6) is 0 Å². The summed E-state index contributed by atoms with van der Waals surface area (Å²) < 4.78 is 4.46. The van der Waals surface area contributed by atoms with E-state index in [1.165, 1.54) is 5.56 Å². The number of benzene rings is 1. The van der Waals surface area contributed by atoms with Crippen molar-refractivity contribution in [2.24, 2.45) is 7.05 Å². The lowest BCUT2D eigenvalue weighted by Crippen LogP contribution is -2.16. The van der Waals surface area contributed by atoms with Crippen LogP contribution < -0.4 is 5.32 Å². The van der Waals surface area contributed by atoms with Gasteiger partial charge in [-0.3, -0.25) is 9.48 Å². The summed E-state index contributed by atoms with van der Waals surface area (Å²) in [4.78, 5) is 17.3. The number of nitrogens with one attached hydrogen (secondary N) is 1. The molecule has 0 saturated carbocycles. The Morgan fingerprint density at radius 1 is 1.07 bits per heavy atom. The van der Waals surface area contributed by atoms with Crippen molar-refractivity contribution in [2.45, 2.75) is 27.7 Å². The summed E-state index contributed by atoms with van der Waals surface area (Å²) in [5, 5.41) is 12.4. The number of carbonyl (C=O) groups is 1. The lowest BCUT2D eigenvalue weighted by Gasteiger charge is -2.04. The maximum absolute atomic E-state index is 12.6. The first-order valence-corrected chi connectivity index (χ1v) is 9.40. The van der Waals surface area contributed by atoms with Crippen molar-refractivity contribution in [2.75, 3.05) is 5.32 Å². The number of aromatic nitrogens is 5. The first-order chi connectivity index (χ1) is 12.8. The van der Waals surface area contributed by atoms with Crippen LogP contribution in [0.2, 0.25) is 0 Å². The van der Waals surface area contributed by atoms with E-state index in [4.69, 9.17) is 4.98 Å². The minimum Gasteiger partial charge on any atom is -0.305 e. The first-order valence-electron chi connectivity index (χ1n) is 8.58. The molecule has 1 amide bonds. The molecule has 0 spiro atoms. The van der Waals surface area contributed by atoms with Gasteiger partial charge in [0.1, 0.15) is 5.82 Å². The molecule has 0 aliphatic heterocycles. The topological polar surface area (TPSA) is 77.6 Å². The predicted molar refractivity (Wildman–Crippen MR) is 107 cm³/mol. The van der Waals surface area contributed by atoms with Crippen LogP contribution in [0, 0.1) is 27.7 Å². The lowest BCUT2D eigenvalue weighted by molar-refractivity contribution is 0.102. The number of hydrogen-bond acceptors (Lipinski definition) is 5. The highest BCUT2D eigenvalue weighted by Crippen LogP contribution is 2.30. The number of thiazole rings is 1. The van der Waals surface area contributed by atoms with E-state index in [1.807, 2.05) is 27.0 Å². The number of aryl methyl sites for hydroxylation is 5. The molecule has 4 aromatic rings. The minimum absolute atomic E-state index is 0.270. The Morgan fingerprint density at radius 3 is 2.56 bits per heavy atom. The van der Waals surface area contributed by atoms with Crippen molar-refractivity contribution in [1.82, 2.24) is 24.5 Å². The quantitative estimate of drug-likeness (QED) is 0.588. The zero-order chi connectivity index (χ0) is 19.3. The molecule has 8 heteroatoms. The van der Waals surface area contributed by atoms with Gasteiger partial charge >= 0.3 is 0 Å². The molecular weight excluding hydrogens is 360 g/mol. The van der Waals surface area contributed by atoms with E-state index in [1.54, 1.807) is 26.8 Å². The molecule has 1 N–H and O–H groups in total. The minimum atomic E-state index is -0.270. The number of nitrogens with zero attached hydrogens (tertiary/aromatic N) is 5. The summed E-state index contributed by atoms with van der Waals surface area (Å²) in [6.45, 7) is 7.92. The van der Waals surface area contributed by atoms with Crippen LogP contribution in [-0.4, -0.2) is 30.5 Å². The average molecular weight is 380 g/mol. The summed E-state index contributed by atoms with van der Waals surface area (Å²) in [5.41, 5.74) is 5.39. The van der Waals surface area contributed by atoms with Crippen molar-refractivity contribution >= 4 is 33.3 Å². The number of fused-ring (bicyclic) bond motifs is 1. The molecule has 4 rings (SSSR count). The van der Waals surface area contributed by atoms with Gasteiger partial charge in [0.25, 0.3) is 5.91 Å². The van der Waals surface area contributed by atoms with E-state index in [0.29, 0.717) is 11.5 Å².